The molecule has 3 heterocycles. The zero-order valence-corrected chi connectivity index (χ0v) is 18.0. The minimum atomic E-state index is -0.0792. The van der Waals surface area contributed by atoms with Crippen LogP contribution in [0.25, 0.3) is 17.1 Å². The fraction of sp³-hybridized carbons (Fsp3) is 0.217. The summed E-state index contributed by atoms with van der Waals surface area (Å²) >= 11 is 6.09. The van der Waals surface area contributed by atoms with Crippen molar-refractivity contribution in [1.29, 1.82) is 0 Å². The van der Waals surface area contributed by atoms with Gasteiger partial charge in [0.2, 0.25) is 5.91 Å². The molecule has 1 saturated heterocycles. The molecule has 0 bridgehead atoms. The molecule has 2 aromatic carbocycles. The van der Waals surface area contributed by atoms with Crippen molar-refractivity contribution in [2.75, 3.05) is 26.7 Å². The van der Waals surface area contributed by atoms with E-state index in [1.165, 1.54) is 0 Å². The second-order valence-electron chi connectivity index (χ2n) is 7.88. The molecule has 0 spiro atoms. The summed E-state index contributed by atoms with van der Waals surface area (Å²) in [5.74, 6) is 0.634. The number of H-pyrrole nitrogens is 1. The van der Waals surface area contributed by atoms with E-state index in [0.29, 0.717) is 41.5 Å². The number of hydrogen-bond donors (Lipinski definition) is 1. The number of carbonyl (C=O) groups is 2. The lowest BCUT2D eigenvalue weighted by atomic mass is 10.1. The number of likely N-dealkylation sites (tertiary alicyclic amines) is 1. The number of hydrogen-bond acceptors (Lipinski definition) is 5. The van der Waals surface area contributed by atoms with Crippen molar-refractivity contribution in [2.24, 2.45) is 5.92 Å². The fourth-order valence-electron chi connectivity index (χ4n) is 4.13. The molecule has 162 valence electrons. The highest BCUT2D eigenvalue weighted by molar-refractivity contribution is 6.30. The molecular formula is C23H20ClN5O3. The number of fused-ring (bicyclic) bond motifs is 2. The average molecular weight is 450 g/mol. The van der Waals surface area contributed by atoms with E-state index in [1.807, 2.05) is 12.3 Å². The standard InChI is InChI=1S/C23H20ClN5O3/c1-32-19-7-14(6-18(24)9-19)2-5-22(30)28-10-16-12-29(13-17(16)11-28)23(31)15-3-4-20-21(8-15)26-27-25-20/h2-9,12,17H,10-11,13H2,1H3,(H,25,26,27)/t17-/m1/s1. The van der Waals surface area contributed by atoms with Gasteiger partial charge in [-0.3, -0.25) is 14.7 Å². The molecule has 1 N–H and O–H groups in total. The molecule has 8 nitrogen and oxygen atoms in total. The van der Waals surface area contributed by atoms with E-state index in [4.69, 9.17) is 16.3 Å². The van der Waals surface area contributed by atoms with E-state index >= 15 is 0 Å². The predicted molar refractivity (Wildman–Crippen MR) is 120 cm³/mol. The Morgan fingerprint density at radius 3 is 2.91 bits per heavy atom. The lowest BCUT2D eigenvalue weighted by Gasteiger charge is -2.19. The monoisotopic (exact) mass is 449 g/mol. The van der Waals surface area contributed by atoms with Crippen molar-refractivity contribution >= 4 is 40.5 Å². The van der Waals surface area contributed by atoms with Crippen LogP contribution in [0, 0.1) is 5.92 Å². The molecule has 1 fully saturated rings. The molecule has 2 amide bonds. The Labute approximate surface area is 189 Å². The number of ether oxygens (including phenoxy) is 1. The van der Waals surface area contributed by atoms with Gasteiger partial charge in [-0.1, -0.05) is 16.8 Å². The summed E-state index contributed by atoms with van der Waals surface area (Å²) in [6.07, 6.45) is 5.15. The molecule has 3 aromatic rings. The molecule has 1 atom stereocenters. The first kappa shape index (κ1) is 20.3. The Bertz CT molecular complexity index is 1280. The summed E-state index contributed by atoms with van der Waals surface area (Å²) in [6, 6.07) is 10.6. The highest BCUT2D eigenvalue weighted by Crippen LogP contribution is 2.31. The Balaban J connectivity index is 1.24. The highest BCUT2D eigenvalue weighted by Gasteiger charge is 2.36. The smallest absolute Gasteiger partial charge is 0.257 e. The number of methoxy groups -OCH3 is 1. The predicted octanol–water partition coefficient (Wildman–Crippen LogP) is 3.13. The first-order chi connectivity index (χ1) is 15.5. The van der Waals surface area contributed by atoms with Crippen LogP contribution in [0.5, 0.6) is 5.75 Å². The highest BCUT2D eigenvalue weighted by atomic mass is 35.5. The number of nitrogens with one attached hydrogen (secondary N) is 1. The van der Waals surface area contributed by atoms with Crippen LogP contribution in [0.15, 0.2) is 54.2 Å². The van der Waals surface area contributed by atoms with E-state index < -0.39 is 0 Å². The van der Waals surface area contributed by atoms with Gasteiger partial charge in [0.15, 0.2) is 0 Å². The number of aromatic amines is 1. The number of nitrogens with zero attached hydrogens (tertiary/aromatic N) is 4. The maximum absolute atomic E-state index is 12.9. The van der Waals surface area contributed by atoms with Gasteiger partial charge >= 0.3 is 0 Å². The van der Waals surface area contributed by atoms with Crippen LogP contribution in [0.3, 0.4) is 0 Å². The zero-order chi connectivity index (χ0) is 22.2. The lowest BCUT2D eigenvalue weighted by Crippen LogP contribution is -2.32. The number of amides is 2. The zero-order valence-electron chi connectivity index (χ0n) is 17.3. The maximum atomic E-state index is 12.9. The second kappa shape index (κ2) is 8.12. The summed E-state index contributed by atoms with van der Waals surface area (Å²) in [7, 11) is 1.57. The van der Waals surface area contributed by atoms with E-state index in [1.54, 1.807) is 59.4 Å². The van der Waals surface area contributed by atoms with E-state index in [0.717, 1.165) is 16.7 Å². The van der Waals surface area contributed by atoms with Crippen LogP contribution < -0.4 is 4.74 Å². The molecule has 0 radical (unpaired) electrons. The molecule has 2 aliphatic rings. The molecule has 5 rings (SSSR count). The van der Waals surface area contributed by atoms with Crippen LogP contribution in [0.2, 0.25) is 5.02 Å². The number of benzene rings is 2. The van der Waals surface area contributed by atoms with Gasteiger partial charge in [0.25, 0.3) is 5.91 Å². The van der Waals surface area contributed by atoms with Gasteiger partial charge in [-0.15, -0.1) is 5.10 Å². The van der Waals surface area contributed by atoms with Gasteiger partial charge in [-0.2, -0.15) is 0 Å². The summed E-state index contributed by atoms with van der Waals surface area (Å²) in [6.45, 7) is 1.66. The summed E-state index contributed by atoms with van der Waals surface area (Å²) in [5, 5.41) is 11.0. The van der Waals surface area contributed by atoms with Crippen molar-refractivity contribution in [3.05, 3.63) is 70.4 Å². The minimum Gasteiger partial charge on any atom is -0.497 e. The maximum Gasteiger partial charge on any atom is 0.257 e. The third kappa shape index (κ3) is 3.85. The first-order valence-corrected chi connectivity index (χ1v) is 10.5. The molecule has 2 aliphatic heterocycles. The Morgan fingerprint density at radius 2 is 2.09 bits per heavy atom. The molecule has 32 heavy (non-hydrogen) atoms. The summed E-state index contributed by atoms with van der Waals surface area (Å²) < 4.78 is 5.21. The van der Waals surface area contributed by atoms with Gasteiger partial charge in [-0.05, 0) is 53.6 Å². The van der Waals surface area contributed by atoms with Crippen molar-refractivity contribution in [1.82, 2.24) is 25.2 Å². The number of carbonyl (C=O) groups excluding carboxylic acids is 2. The third-order valence-corrected chi connectivity index (χ3v) is 5.99. The second-order valence-corrected chi connectivity index (χ2v) is 8.32. The Hall–Kier alpha value is -3.65. The van der Waals surface area contributed by atoms with Crippen LogP contribution in [-0.4, -0.2) is 63.8 Å². The normalized spacial score (nSPS) is 17.8. The van der Waals surface area contributed by atoms with Crippen molar-refractivity contribution in [2.45, 2.75) is 0 Å². The van der Waals surface area contributed by atoms with Crippen LogP contribution in [0.4, 0.5) is 0 Å². The molecule has 1 aromatic heterocycles. The molecule has 9 heteroatoms. The largest absolute Gasteiger partial charge is 0.497 e. The lowest BCUT2D eigenvalue weighted by molar-refractivity contribution is -0.125. The number of halogens is 1. The van der Waals surface area contributed by atoms with Gasteiger partial charge in [0.1, 0.15) is 11.3 Å². The van der Waals surface area contributed by atoms with E-state index in [2.05, 4.69) is 15.4 Å². The van der Waals surface area contributed by atoms with Gasteiger partial charge < -0.3 is 14.5 Å². The molecular weight excluding hydrogens is 430 g/mol. The molecule has 0 saturated carbocycles. The fourth-order valence-corrected chi connectivity index (χ4v) is 4.36. The van der Waals surface area contributed by atoms with Crippen molar-refractivity contribution in [3.8, 4) is 5.75 Å². The Morgan fingerprint density at radius 1 is 1.22 bits per heavy atom. The Kier molecular flexibility index (Phi) is 5.14. The first-order valence-electron chi connectivity index (χ1n) is 10.1. The summed E-state index contributed by atoms with van der Waals surface area (Å²) in [5.41, 5.74) is 3.89. The van der Waals surface area contributed by atoms with Gasteiger partial charge in [0, 0.05) is 48.4 Å². The molecule has 0 aliphatic carbocycles. The minimum absolute atomic E-state index is 0.0754. The summed E-state index contributed by atoms with van der Waals surface area (Å²) in [4.78, 5) is 29.1. The van der Waals surface area contributed by atoms with Crippen molar-refractivity contribution in [3.63, 3.8) is 0 Å². The van der Waals surface area contributed by atoms with E-state index in [-0.39, 0.29) is 17.7 Å². The van der Waals surface area contributed by atoms with Crippen molar-refractivity contribution < 1.29 is 14.3 Å². The SMILES string of the molecule is COc1cc(Cl)cc(C=CC(=O)N2CC3=CN(C(=O)c4ccc5[nH]nnc5c4)C[C@H]3C2)c1. The number of rotatable bonds is 4. The van der Waals surface area contributed by atoms with Crippen LogP contribution >= 0.6 is 11.6 Å². The average Bonchev–Trinajstić information content (AvgIpc) is 3.50. The topological polar surface area (TPSA) is 91.4 Å². The van der Waals surface area contributed by atoms with Gasteiger partial charge in [0.05, 0.1) is 12.6 Å². The van der Waals surface area contributed by atoms with Gasteiger partial charge in [-0.25, -0.2) is 0 Å². The number of aromatic nitrogens is 3. The quantitative estimate of drug-likeness (QED) is 0.618. The van der Waals surface area contributed by atoms with Crippen LogP contribution in [0.1, 0.15) is 15.9 Å². The van der Waals surface area contributed by atoms with E-state index in [9.17, 15) is 9.59 Å². The van der Waals surface area contributed by atoms with Crippen LogP contribution in [-0.2, 0) is 4.79 Å². The third-order valence-electron chi connectivity index (χ3n) is 5.77. The molecule has 0 unspecified atom stereocenters.